The van der Waals surface area contributed by atoms with Gasteiger partial charge in [-0.1, -0.05) is 15.9 Å². The van der Waals surface area contributed by atoms with E-state index in [4.69, 9.17) is 11.5 Å². The zero-order chi connectivity index (χ0) is 9.42. The fourth-order valence-electron chi connectivity index (χ4n) is 1.18. The molecule has 4 heteroatoms. The van der Waals surface area contributed by atoms with Gasteiger partial charge in [0.1, 0.15) is 5.82 Å². The van der Waals surface area contributed by atoms with Crippen LogP contribution in [-0.2, 0) is 0 Å². The van der Waals surface area contributed by atoms with Crippen molar-refractivity contribution in [2.75, 3.05) is 11.5 Å². The molecule has 1 aromatic carbocycles. The molecule has 0 saturated heterocycles. The molecule has 0 aliphatic carbocycles. The third-order valence-corrected chi connectivity index (χ3v) is 2.33. The zero-order valence-corrected chi connectivity index (χ0v) is 8.38. The quantitative estimate of drug-likeness (QED) is 0.739. The highest BCUT2D eigenvalue weighted by atomic mass is 79.9. The Morgan fingerprint density at radius 1 is 1.15 bits per heavy atom. The van der Waals surface area contributed by atoms with E-state index in [1.54, 1.807) is 0 Å². The van der Waals surface area contributed by atoms with Crippen molar-refractivity contribution in [1.82, 2.24) is 4.98 Å². The summed E-state index contributed by atoms with van der Waals surface area (Å²) in [6.07, 6.45) is 0. The summed E-state index contributed by atoms with van der Waals surface area (Å²) < 4.78 is 1.01. The van der Waals surface area contributed by atoms with Crippen LogP contribution in [0.5, 0.6) is 0 Å². The number of nitrogens with zero attached hydrogens (tertiary/aromatic N) is 1. The van der Waals surface area contributed by atoms with Gasteiger partial charge in [-0.3, -0.25) is 0 Å². The maximum atomic E-state index is 5.63. The number of nitrogens with two attached hydrogens (primary N) is 2. The summed E-state index contributed by atoms with van der Waals surface area (Å²) in [7, 11) is 0. The number of nitrogen functional groups attached to an aromatic ring is 2. The molecule has 13 heavy (non-hydrogen) atoms. The van der Waals surface area contributed by atoms with Gasteiger partial charge in [0, 0.05) is 9.86 Å². The highest BCUT2D eigenvalue weighted by Crippen LogP contribution is 2.23. The number of fused-ring (bicyclic) bond motifs is 1. The molecule has 0 spiro atoms. The van der Waals surface area contributed by atoms with Crippen LogP contribution in [-0.4, -0.2) is 4.98 Å². The van der Waals surface area contributed by atoms with Crippen molar-refractivity contribution in [3.05, 3.63) is 28.7 Å². The van der Waals surface area contributed by atoms with Crippen molar-refractivity contribution < 1.29 is 0 Å². The number of hydrogen-bond donors (Lipinski definition) is 2. The second-order valence-corrected chi connectivity index (χ2v) is 3.72. The average molecular weight is 238 g/mol. The Morgan fingerprint density at radius 3 is 2.69 bits per heavy atom. The number of anilines is 2. The Labute approximate surface area is 83.9 Å². The lowest BCUT2D eigenvalue weighted by Gasteiger charge is -2.02. The van der Waals surface area contributed by atoms with Gasteiger partial charge in [0.05, 0.1) is 11.2 Å². The average Bonchev–Trinajstić information content (AvgIpc) is 2.08. The van der Waals surface area contributed by atoms with E-state index in [0.717, 1.165) is 15.4 Å². The molecule has 0 aliphatic rings. The van der Waals surface area contributed by atoms with E-state index in [1.807, 2.05) is 24.3 Å². The number of benzene rings is 1. The topological polar surface area (TPSA) is 64.9 Å². The summed E-state index contributed by atoms with van der Waals surface area (Å²) in [6, 6.07) is 7.60. The van der Waals surface area contributed by atoms with Crippen molar-refractivity contribution >= 4 is 38.3 Å². The minimum absolute atomic E-state index is 0.384. The maximum absolute atomic E-state index is 5.63. The number of rotatable bonds is 0. The Bertz CT molecular complexity index is 468. The van der Waals surface area contributed by atoms with Crippen LogP contribution in [0, 0.1) is 0 Å². The van der Waals surface area contributed by atoms with Crippen LogP contribution in [0.2, 0.25) is 0 Å². The lowest BCUT2D eigenvalue weighted by atomic mass is 10.2. The Hall–Kier alpha value is -1.29. The molecule has 4 N–H and O–H groups in total. The fraction of sp³-hybridized carbons (Fsp3) is 0. The van der Waals surface area contributed by atoms with Gasteiger partial charge in [0.25, 0.3) is 0 Å². The van der Waals surface area contributed by atoms with Crippen LogP contribution in [0.4, 0.5) is 11.5 Å². The molecule has 0 unspecified atom stereocenters. The number of aromatic nitrogens is 1. The number of pyridine rings is 1. The van der Waals surface area contributed by atoms with Gasteiger partial charge >= 0.3 is 0 Å². The van der Waals surface area contributed by atoms with E-state index in [9.17, 15) is 0 Å². The van der Waals surface area contributed by atoms with E-state index in [0.29, 0.717) is 11.5 Å². The Balaban J connectivity index is 2.81. The van der Waals surface area contributed by atoms with Gasteiger partial charge in [0.15, 0.2) is 0 Å². The first kappa shape index (κ1) is 8.31. The molecule has 3 nitrogen and oxygen atoms in total. The summed E-state index contributed by atoms with van der Waals surface area (Å²) >= 11 is 3.38. The van der Waals surface area contributed by atoms with Gasteiger partial charge in [0.2, 0.25) is 0 Å². The lowest BCUT2D eigenvalue weighted by Crippen LogP contribution is -1.97. The molecule has 1 aromatic heterocycles. The normalized spacial score (nSPS) is 10.5. The second-order valence-electron chi connectivity index (χ2n) is 2.80. The second kappa shape index (κ2) is 2.88. The van der Waals surface area contributed by atoms with Gasteiger partial charge in [-0.25, -0.2) is 4.98 Å². The lowest BCUT2D eigenvalue weighted by molar-refractivity contribution is 1.41. The van der Waals surface area contributed by atoms with E-state index < -0.39 is 0 Å². The first-order chi connectivity index (χ1) is 6.16. The van der Waals surface area contributed by atoms with Crippen LogP contribution >= 0.6 is 15.9 Å². The summed E-state index contributed by atoms with van der Waals surface area (Å²) in [5.41, 5.74) is 12.6. The van der Waals surface area contributed by atoms with E-state index >= 15 is 0 Å². The molecule has 0 atom stereocenters. The molecule has 0 bridgehead atoms. The highest BCUT2D eigenvalue weighted by Gasteiger charge is 2.00. The largest absolute Gasteiger partial charge is 0.396 e. The van der Waals surface area contributed by atoms with Crippen molar-refractivity contribution in [1.29, 1.82) is 0 Å². The van der Waals surface area contributed by atoms with Crippen LogP contribution in [0.25, 0.3) is 10.9 Å². The maximum Gasteiger partial charge on any atom is 0.147 e. The smallest absolute Gasteiger partial charge is 0.147 e. The Kier molecular flexibility index (Phi) is 1.84. The molecule has 0 amide bonds. The molecule has 1 heterocycles. The minimum Gasteiger partial charge on any atom is -0.396 e. The van der Waals surface area contributed by atoms with Gasteiger partial charge in [-0.05, 0) is 24.3 Å². The summed E-state index contributed by atoms with van der Waals surface area (Å²) in [6.45, 7) is 0. The van der Waals surface area contributed by atoms with Crippen molar-refractivity contribution in [3.8, 4) is 0 Å². The molecule has 2 aromatic rings. The minimum atomic E-state index is 0.384. The van der Waals surface area contributed by atoms with Crippen LogP contribution in [0.15, 0.2) is 28.7 Å². The van der Waals surface area contributed by atoms with Crippen LogP contribution in [0.1, 0.15) is 0 Å². The van der Waals surface area contributed by atoms with Crippen LogP contribution in [0.3, 0.4) is 0 Å². The van der Waals surface area contributed by atoms with Crippen molar-refractivity contribution in [2.24, 2.45) is 0 Å². The first-order valence-electron chi connectivity index (χ1n) is 3.78. The molecule has 0 fully saturated rings. The Morgan fingerprint density at radius 2 is 1.92 bits per heavy atom. The first-order valence-corrected chi connectivity index (χ1v) is 4.57. The third kappa shape index (κ3) is 1.45. The SMILES string of the molecule is Nc1cc2cc(Br)ccc2nc1N. The van der Waals surface area contributed by atoms with Crippen LogP contribution < -0.4 is 11.5 Å². The molecule has 0 radical (unpaired) electrons. The third-order valence-electron chi connectivity index (χ3n) is 1.84. The predicted molar refractivity (Wildman–Crippen MR) is 58.3 cm³/mol. The molecule has 66 valence electrons. The number of hydrogen-bond acceptors (Lipinski definition) is 3. The zero-order valence-electron chi connectivity index (χ0n) is 6.79. The van der Waals surface area contributed by atoms with Crippen molar-refractivity contribution in [3.63, 3.8) is 0 Å². The molecule has 0 saturated carbocycles. The molecule has 2 rings (SSSR count). The highest BCUT2D eigenvalue weighted by molar-refractivity contribution is 9.10. The molecular formula is C9H8BrN3. The van der Waals surface area contributed by atoms with Crippen molar-refractivity contribution in [2.45, 2.75) is 0 Å². The van der Waals surface area contributed by atoms with Gasteiger partial charge < -0.3 is 11.5 Å². The molecular weight excluding hydrogens is 230 g/mol. The van der Waals surface area contributed by atoms with E-state index in [1.165, 1.54) is 0 Å². The van der Waals surface area contributed by atoms with Gasteiger partial charge in [-0.15, -0.1) is 0 Å². The monoisotopic (exact) mass is 237 g/mol. The van der Waals surface area contributed by atoms with E-state index in [2.05, 4.69) is 20.9 Å². The summed E-state index contributed by atoms with van der Waals surface area (Å²) in [5, 5.41) is 0.987. The predicted octanol–water partition coefficient (Wildman–Crippen LogP) is 2.16. The van der Waals surface area contributed by atoms with Gasteiger partial charge in [-0.2, -0.15) is 0 Å². The standard InChI is InChI=1S/C9H8BrN3/c10-6-1-2-8-5(3-6)4-7(11)9(12)13-8/h1-4H,11H2,(H2,12,13). The molecule has 0 aliphatic heterocycles. The summed E-state index contributed by atoms with van der Waals surface area (Å²) in [4.78, 5) is 4.15. The summed E-state index contributed by atoms with van der Waals surface area (Å²) in [5.74, 6) is 0.384. The fourth-order valence-corrected chi connectivity index (χ4v) is 1.56. The number of halogens is 1. The van der Waals surface area contributed by atoms with E-state index in [-0.39, 0.29) is 0 Å².